The Morgan fingerprint density at radius 1 is 1.40 bits per heavy atom. The number of rotatable bonds is 2. The summed E-state index contributed by atoms with van der Waals surface area (Å²) in [5.41, 5.74) is 7.74. The van der Waals surface area contributed by atoms with Crippen molar-refractivity contribution in [2.75, 3.05) is 7.11 Å². The summed E-state index contributed by atoms with van der Waals surface area (Å²) in [6, 6.07) is 0. The van der Waals surface area contributed by atoms with Crippen molar-refractivity contribution in [3.05, 3.63) is 24.3 Å². The average molecular weight is 204 g/mol. The van der Waals surface area contributed by atoms with Gasteiger partial charge in [0.2, 0.25) is 5.88 Å². The van der Waals surface area contributed by atoms with E-state index in [1.165, 1.54) is 0 Å². The Bertz CT molecular complexity index is 515. The van der Waals surface area contributed by atoms with Gasteiger partial charge in [-0.2, -0.15) is 0 Å². The summed E-state index contributed by atoms with van der Waals surface area (Å²) in [4.78, 5) is 8.32. The first kappa shape index (κ1) is 8.67. The fourth-order valence-corrected chi connectivity index (χ4v) is 1.80. The third-order valence-corrected chi connectivity index (χ3v) is 2.89. The van der Waals surface area contributed by atoms with Gasteiger partial charge in [0.15, 0.2) is 5.65 Å². The van der Waals surface area contributed by atoms with Gasteiger partial charge in [-0.3, -0.25) is 9.38 Å². The molecule has 1 saturated carbocycles. The first-order chi connectivity index (χ1) is 7.24. The monoisotopic (exact) mass is 204 g/mol. The summed E-state index contributed by atoms with van der Waals surface area (Å²) in [7, 11) is 1.62. The lowest BCUT2D eigenvalue weighted by Gasteiger charge is -2.10. The van der Waals surface area contributed by atoms with Crippen LogP contribution < -0.4 is 10.5 Å². The molecule has 78 valence electrons. The first-order valence-corrected chi connectivity index (χ1v) is 4.89. The molecule has 2 aromatic rings. The predicted molar refractivity (Wildman–Crippen MR) is 54.6 cm³/mol. The van der Waals surface area contributed by atoms with Gasteiger partial charge in [-0.25, -0.2) is 4.98 Å². The van der Waals surface area contributed by atoms with Gasteiger partial charge >= 0.3 is 0 Å². The van der Waals surface area contributed by atoms with Gasteiger partial charge in [0.25, 0.3) is 0 Å². The number of aromatic nitrogens is 3. The SMILES string of the molecule is COc1cncc2ncc(C3(N)CC3)n12. The fraction of sp³-hybridized carbons (Fsp3) is 0.400. The Labute approximate surface area is 86.9 Å². The van der Waals surface area contributed by atoms with Crippen LogP contribution in [0.3, 0.4) is 0 Å². The zero-order chi connectivity index (χ0) is 10.5. The van der Waals surface area contributed by atoms with E-state index in [-0.39, 0.29) is 5.54 Å². The Kier molecular flexibility index (Phi) is 1.56. The minimum absolute atomic E-state index is 0.214. The lowest BCUT2D eigenvalue weighted by Crippen LogP contribution is -2.21. The van der Waals surface area contributed by atoms with Crippen molar-refractivity contribution in [1.29, 1.82) is 0 Å². The molecule has 0 aromatic carbocycles. The quantitative estimate of drug-likeness (QED) is 0.781. The van der Waals surface area contributed by atoms with E-state index >= 15 is 0 Å². The molecule has 0 unspecified atom stereocenters. The molecule has 0 atom stereocenters. The Balaban J connectivity index is 2.31. The molecule has 15 heavy (non-hydrogen) atoms. The van der Waals surface area contributed by atoms with Gasteiger partial charge in [0.1, 0.15) is 0 Å². The van der Waals surface area contributed by atoms with Crippen LogP contribution in [0.1, 0.15) is 18.5 Å². The van der Waals surface area contributed by atoms with Crippen molar-refractivity contribution in [2.45, 2.75) is 18.4 Å². The lowest BCUT2D eigenvalue weighted by atomic mass is 10.2. The largest absolute Gasteiger partial charge is 0.481 e. The topological polar surface area (TPSA) is 65.4 Å². The van der Waals surface area contributed by atoms with Crippen LogP contribution in [-0.4, -0.2) is 21.5 Å². The number of hydrogen-bond donors (Lipinski definition) is 1. The maximum atomic E-state index is 6.17. The summed E-state index contributed by atoms with van der Waals surface area (Å²) in [5, 5.41) is 0. The predicted octanol–water partition coefficient (Wildman–Crippen LogP) is 0.686. The van der Waals surface area contributed by atoms with Crippen LogP contribution in [0.4, 0.5) is 0 Å². The van der Waals surface area contributed by atoms with Gasteiger partial charge in [0.05, 0.1) is 36.9 Å². The minimum atomic E-state index is -0.214. The van der Waals surface area contributed by atoms with Crippen LogP contribution in [0, 0.1) is 0 Å². The molecule has 1 fully saturated rings. The second-order valence-electron chi connectivity index (χ2n) is 3.94. The van der Waals surface area contributed by atoms with Crippen molar-refractivity contribution in [3.63, 3.8) is 0 Å². The van der Waals surface area contributed by atoms with Crippen LogP contribution in [0.2, 0.25) is 0 Å². The third kappa shape index (κ3) is 1.13. The zero-order valence-corrected chi connectivity index (χ0v) is 8.47. The molecular weight excluding hydrogens is 192 g/mol. The lowest BCUT2D eigenvalue weighted by molar-refractivity contribution is 0.386. The van der Waals surface area contributed by atoms with Crippen LogP contribution >= 0.6 is 0 Å². The molecule has 0 spiro atoms. The second kappa shape index (κ2) is 2.70. The summed E-state index contributed by atoms with van der Waals surface area (Å²) in [5.74, 6) is 0.678. The van der Waals surface area contributed by atoms with E-state index in [0.717, 1.165) is 24.2 Å². The molecule has 2 N–H and O–H groups in total. The zero-order valence-electron chi connectivity index (χ0n) is 8.47. The van der Waals surface area contributed by atoms with Gasteiger partial charge in [-0.1, -0.05) is 0 Å². The van der Waals surface area contributed by atoms with Crippen LogP contribution in [0.25, 0.3) is 5.65 Å². The summed E-state index contributed by atoms with van der Waals surface area (Å²) < 4.78 is 7.18. The highest BCUT2D eigenvalue weighted by atomic mass is 16.5. The molecule has 0 radical (unpaired) electrons. The summed E-state index contributed by atoms with van der Waals surface area (Å²) in [6.07, 6.45) is 7.20. The number of nitrogens with two attached hydrogens (primary N) is 1. The van der Waals surface area contributed by atoms with Crippen molar-refractivity contribution >= 4 is 5.65 Å². The van der Waals surface area contributed by atoms with Crippen molar-refractivity contribution in [1.82, 2.24) is 14.4 Å². The van der Waals surface area contributed by atoms with E-state index in [4.69, 9.17) is 10.5 Å². The number of ether oxygens (including phenoxy) is 1. The normalized spacial score (nSPS) is 18.0. The van der Waals surface area contributed by atoms with Gasteiger partial charge in [0, 0.05) is 0 Å². The van der Waals surface area contributed by atoms with E-state index in [2.05, 4.69) is 9.97 Å². The summed E-state index contributed by atoms with van der Waals surface area (Å²) >= 11 is 0. The molecule has 1 aliphatic rings. The van der Waals surface area contributed by atoms with Crippen molar-refractivity contribution in [3.8, 4) is 5.88 Å². The molecule has 0 bridgehead atoms. The molecular formula is C10H12N4O. The number of fused-ring (bicyclic) bond motifs is 1. The molecule has 2 heterocycles. The Hall–Kier alpha value is -1.62. The smallest absolute Gasteiger partial charge is 0.218 e. The van der Waals surface area contributed by atoms with Gasteiger partial charge in [-0.05, 0) is 12.8 Å². The third-order valence-electron chi connectivity index (χ3n) is 2.89. The molecule has 2 aromatic heterocycles. The fourth-order valence-electron chi connectivity index (χ4n) is 1.80. The maximum Gasteiger partial charge on any atom is 0.218 e. The van der Waals surface area contributed by atoms with E-state index in [1.54, 1.807) is 19.5 Å². The van der Waals surface area contributed by atoms with E-state index in [1.807, 2.05) is 10.6 Å². The molecule has 3 rings (SSSR count). The van der Waals surface area contributed by atoms with Gasteiger partial charge in [-0.15, -0.1) is 0 Å². The van der Waals surface area contributed by atoms with Crippen LogP contribution in [0.5, 0.6) is 5.88 Å². The Morgan fingerprint density at radius 2 is 2.20 bits per heavy atom. The number of methoxy groups -OCH3 is 1. The van der Waals surface area contributed by atoms with Gasteiger partial charge < -0.3 is 10.5 Å². The van der Waals surface area contributed by atoms with E-state index in [9.17, 15) is 0 Å². The minimum Gasteiger partial charge on any atom is -0.481 e. The van der Waals surface area contributed by atoms with Crippen molar-refractivity contribution in [2.24, 2.45) is 5.73 Å². The number of imidazole rings is 1. The van der Waals surface area contributed by atoms with Crippen molar-refractivity contribution < 1.29 is 4.74 Å². The highest BCUT2D eigenvalue weighted by molar-refractivity contribution is 5.44. The molecule has 5 heteroatoms. The molecule has 0 amide bonds. The van der Waals surface area contributed by atoms with E-state index < -0.39 is 0 Å². The second-order valence-corrected chi connectivity index (χ2v) is 3.94. The average Bonchev–Trinajstić information content (AvgIpc) is 2.84. The number of hydrogen-bond acceptors (Lipinski definition) is 4. The standard InChI is InChI=1S/C10H12N4O/c1-15-9-6-12-5-8-13-4-7(14(8)9)10(11)2-3-10/h4-6H,2-3,11H2,1H3. The molecule has 0 saturated heterocycles. The highest BCUT2D eigenvalue weighted by Gasteiger charge is 2.43. The summed E-state index contributed by atoms with van der Waals surface area (Å²) in [6.45, 7) is 0. The molecule has 5 nitrogen and oxygen atoms in total. The number of nitrogens with zero attached hydrogens (tertiary/aromatic N) is 3. The first-order valence-electron chi connectivity index (χ1n) is 4.89. The van der Waals surface area contributed by atoms with Crippen LogP contribution in [-0.2, 0) is 5.54 Å². The highest BCUT2D eigenvalue weighted by Crippen LogP contribution is 2.43. The van der Waals surface area contributed by atoms with Crippen LogP contribution in [0.15, 0.2) is 18.6 Å². The maximum absolute atomic E-state index is 6.17. The molecule has 0 aliphatic heterocycles. The molecule has 1 aliphatic carbocycles. The van der Waals surface area contributed by atoms with E-state index in [0.29, 0.717) is 5.88 Å². The Morgan fingerprint density at radius 3 is 2.87 bits per heavy atom.